The quantitative estimate of drug-likeness (QED) is 0.504. The minimum Gasteiger partial charge on any atom is -0.354 e. The molecular formula is C24H32F2N4O4S. The highest BCUT2D eigenvalue weighted by Crippen LogP contribution is 2.24. The molecule has 0 aliphatic heterocycles. The van der Waals surface area contributed by atoms with Gasteiger partial charge in [0, 0.05) is 32.7 Å². The molecule has 0 aromatic heterocycles. The molecule has 0 fully saturated rings. The number of nitrogens with one attached hydrogen (secondary N) is 1. The molecule has 192 valence electrons. The Morgan fingerprint density at radius 2 is 1.51 bits per heavy atom. The van der Waals surface area contributed by atoms with Crippen molar-refractivity contribution in [1.29, 1.82) is 0 Å². The van der Waals surface area contributed by atoms with Gasteiger partial charge < -0.3 is 10.2 Å². The van der Waals surface area contributed by atoms with E-state index >= 15 is 0 Å². The van der Waals surface area contributed by atoms with Crippen LogP contribution in [0.2, 0.25) is 0 Å². The molecule has 0 aliphatic carbocycles. The summed E-state index contributed by atoms with van der Waals surface area (Å²) < 4.78 is 56.5. The van der Waals surface area contributed by atoms with Crippen molar-refractivity contribution in [2.24, 2.45) is 5.92 Å². The van der Waals surface area contributed by atoms with Crippen molar-refractivity contribution < 1.29 is 26.8 Å². The van der Waals surface area contributed by atoms with Crippen LogP contribution >= 0.6 is 0 Å². The summed E-state index contributed by atoms with van der Waals surface area (Å²) in [6.07, 6.45) is 0. The number of carbonyl (C=O) groups excluding carboxylic acids is 2. The summed E-state index contributed by atoms with van der Waals surface area (Å²) in [5.41, 5.74) is -0.172. The molecule has 2 rings (SSSR count). The number of halogens is 2. The fourth-order valence-corrected chi connectivity index (χ4v) is 4.27. The normalized spacial score (nSPS) is 12.5. The van der Waals surface area contributed by atoms with Crippen molar-refractivity contribution in [2.75, 3.05) is 31.5 Å². The summed E-state index contributed by atoms with van der Waals surface area (Å²) in [5, 5.41) is 2.73. The molecule has 11 heteroatoms. The van der Waals surface area contributed by atoms with Crippen LogP contribution in [0.1, 0.15) is 26.3 Å². The van der Waals surface area contributed by atoms with Gasteiger partial charge in [-0.1, -0.05) is 44.2 Å². The minimum absolute atomic E-state index is 0.150. The zero-order valence-electron chi connectivity index (χ0n) is 20.5. The Bertz CT molecular complexity index is 1140. The van der Waals surface area contributed by atoms with Gasteiger partial charge in [0.15, 0.2) is 0 Å². The van der Waals surface area contributed by atoms with Gasteiger partial charge in [0.1, 0.15) is 24.2 Å². The van der Waals surface area contributed by atoms with Gasteiger partial charge in [0.05, 0.1) is 5.69 Å². The molecule has 0 spiro atoms. The third-order valence-corrected chi connectivity index (χ3v) is 7.10. The SMILES string of the molecule is CC(C)CNC(=O)[C@H](C)N(Cc1ccccc1F)C(=O)CN(c1ccccc1F)S(=O)(=O)N(C)C. The average Bonchev–Trinajstić information content (AvgIpc) is 2.80. The molecule has 0 bridgehead atoms. The first-order chi connectivity index (χ1) is 16.4. The first-order valence-electron chi connectivity index (χ1n) is 11.1. The number of benzene rings is 2. The lowest BCUT2D eigenvalue weighted by Gasteiger charge is -2.33. The van der Waals surface area contributed by atoms with E-state index in [1.54, 1.807) is 6.07 Å². The van der Waals surface area contributed by atoms with Crippen LogP contribution in [0.15, 0.2) is 48.5 Å². The van der Waals surface area contributed by atoms with Gasteiger partial charge in [-0.05, 0) is 31.0 Å². The molecule has 0 saturated heterocycles. The molecule has 0 heterocycles. The van der Waals surface area contributed by atoms with Gasteiger partial charge in [0.2, 0.25) is 11.8 Å². The van der Waals surface area contributed by atoms with Crippen LogP contribution in [0.4, 0.5) is 14.5 Å². The molecular weight excluding hydrogens is 478 g/mol. The Balaban J connectivity index is 2.46. The van der Waals surface area contributed by atoms with E-state index in [0.717, 1.165) is 15.3 Å². The van der Waals surface area contributed by atoms with Gasteiger partial charge in [-0.15, -0.1) is 0 Å². The lowest BCUT2D eigenvalue weighted by atomic mass is 10.1. The van der Waals surface area contributed by atoms with Gasteiger partial charge in [-0.2, -0.15) is 12.7 Å². The summed E-state index contributed by atoms with van der Waals surface area (Å²) >= 11 is 0. The fourth-order valence-electron chi connectivity index (χ4n) is 3.20. The third-order valence-electron chi connectivity index (χ3n) is 5.29. The zero-order chi connectivity index (χ0) is 26.3. The van der Waals surface area contributed by atoms with Crippen molar-refractivity contribution in [2.45, 2.75) is 33.4 Å². The maximum absolute atomic E-state index is 14.6. The van der Waals surface area contributed by atoms with Crippen LogP contribution in [0.25, 0.3) is 0 Å². The van der Waals surface area contributed by atoms with E-state index in [4.69, 9.17) is 0 Å². The van der Waals surface area contributed by atoms with Gasteiger partial charge in [-0.3, -0.25) is 9.59 Å². The number of carbonyl (C=O) groups is 2. The summed E-state index contributed by atoms with van der Waals surface area (Å²) in [4.78, 5) is 27.4. The Kier molecular flexibility index (Phi) is 9.73. The van der Waals surface area contributed by atoms with E-state index in [9.17, 15) is 26.8 Å². The summed E-state index contributed by atoms with van der Waals surface area (Å²) in [5.74, 6) is -2.53. The molecule has 0 radical (unpaired) electrons. The second kappa shape index (κ2) is 12.1. The lowest BCUT2D eigenvalue weighted by Crippen LogP contribution is -2.52. The van der Waals surface area contributed by atoms with Crippen molar-refractivity contribution in [3.8, 4) is 0 Å². The van der Waals surface area contributed by atoms with Crippen molar-refractivity contribution in [3.63, 3.8) is 0 Å². The van der Waals surface area contributed by atoms with Crippen molar-refractivity contribution >= 4 is 27.7 Å². The highest BCUT2D eigenvalue weighted by Gasteiger charge is 2.34. The van der Waals surface area contributed by atoms with E-state index in [0.29, 0.717) is 10.8 Å². The predicted molar refractivity (Wildman–Crippen MR) is 131 cm³/mol. The van der Waals surface area contributed by atoms with Crippen LogP contribution in [0.5, 0.6) is 0 Å². The number of para-hydroxylation sites is 1. The molecule has 8 nitrogen and oxygen atoms in total. The molecule has 0 aliphatic rings. The second-order valence-electron chi connectivity index (χ2n) is 8.68. The molecule has 2 aromatic rings. The molecule has 2 amide bonds. The zero-order valence-corrected chi connectivity index (χ0v) is 21.4. The largest absolute Gasteiger partial charge is 0.354 e. The van der Waals surface area contributed by atoms with Gasteiger partial charge in [-0.25, -0.2) is 13.1 Å². The van der Waals surface area contributed by atoms with Crippen LogP contribution in [-0.4, -0.2) is 62.7 Å². The number of rotatable bonds is 11. The van der Waals surface area contributed by atoms with Gasteiger partial charge >= 0.3 is 10.2 Å². The minimum atomic E-state index is -4.29. The Hall–Kier alpha value is -3.05. The lowest BCUT2D eigenvalue weighted by molar-refractivity contribution is -0.139. The monoisotopic (exact) mass is 510 g/mol. The Morgan fingerprint density at radius 1 is 0.943 bits per heavy atom. The third kappa shape index (κ3) is 7.22. The van der Waals surface area contributed by atoms with Crippen LogP contribution in [0.3, 0.4) is 0 Å². The Morgan fingerprint density at radius 3 is 2.06 bits per heavy atom. The average molecular weight is 511 g/mol. The number of amides is 2. The van der Waals surface area contributed by atoms with Gasteiger partial charge in [0.25, 0.3) is 0 Å². The Labute approximate surface area is 205 Å². The smallest absolute Gasteiger partial charge is 0.304 e. The van der Waals surface area contributed by atoms with Crippen LogP contribution in [-0.2, 0) is 26.3 Å². The number of nitrogens with zero attached hydrogens (tertiary/aromatic N) is 3. The highest BCUT2D eigenvalue weighted by atomic mass is 32.2. The first-order valence-corrected chi connectivity index (χ1v) is 12.5. The number of hydrogen-bond acceptors (Lipinski definition) is 4. The molecule has 0 saturated carbocycles. The summed E-state index contributed by atoms with van der Waals surface area (Å²) in [6, 6.07) is 9.89. The number of hydrogen-bond donors (Lipinski definition) is 1. The van der Waals surface area contributed by atoms with E-state index in [-0.39, 0.29) is 23.7 Å². The summed E-state index contributed by atoms with van der Waals surface area (Å²) in [7, 11) is -1.77. The number of anilines is 1. The predicted octanol–water partition coefficient (Wildman–Crippen LogP) is 2.77. The molecule has 2 aromatic carbocycles. The molecule has 1 atom stereocenters. The van der Waals surface area contributed by atoms with Crippen LogP contribution in [0, 0.1) is 17.6 Å². The van der Waals surface area contributed by atoms with E-state index in [2.05, 4.69) is 5.32 Å². The summed E-state index contributed by atoms with van der Waals surface area (Å²) in [6.45, 7) is 4.58. The maximum atomic E-state index is 14.6. The molecule has 0 unspecified atom stereocenters. The topological polar surface area (TPSA) is 90.0 Å². The highest BCUT2D eigenvalue weighted by molar-refractivity contribution is 7.90. The maximum Gasteiger partial charge on any atom is 0.304 e. The fraction of sp³-hybridized carbons (Fsp3) is 0.417. The second-order valence-corrected chi connectivity index (χ2v) is 10.7. The van der Waals surface area contributed by atoms with E-state index in [1.165, 1.54) is 57.4 Å². The first kappa shape index (κ1) is 28.2. The van der Waals surface area contributed by atoms with Crippen molar-refractivity contribution in [3.05, 3.63) is 65.7 Å². The molecule has 1 N–H and O–H groups in total. The van der Waals surface area contributed by atoms with E-state index < -0.39 is 46.2 Å². The standard InChI is InChI=1S/C24H32F2N4O4S/c1-17(2)14-27-24(32)18(3)29(15-19-10-6-7-11-20(19)25)23(31)16-30(35(33,34)28(4)5)22-13-9-8-12-21(22)26/h6-13,17-18H,14-16H2,1-5H3,(H,27,32)/t18-/m0/s1. The molecule has 35 heavy (non-hydrogen) atoms. The van der Waals surface area contributed by atoms with E-state index in [1.807, 2.05) is 13.8 Å². The van der Waals surface area contributed by atoms with Crippen LogP contribution < -0.4 is 9.62 Å². The van der Waals surface area contributed by atoms with Crippen molar-refractivity contribution in [1.82, 2.24) is 14.5 Å².